The number of nitrogens with zero attached hydrogens (tertiary/aromatic N) is 5. The first-order chi connectivity index (χ1) is 18.7. The summed E-state index contributed by atoms with van der Waals surface area (Å²) in [5, 5.41) is 8.07. The number of ether oxygens (including phenoxy) is 2. The molecule has 0 saturated carbocycles. The monoisotopic (exact) mass is 615 g/mol. The number of hydrogen-bond donors (Lipinski definition) is 2. The maximum Gasteiger partial charge on any atom is 0.512 e. The third kappa shape index (κ3) is 5.44. The van der Waals surface area contributed by atoms with E-state index in [1.807, 2.05) is 0 Å². The Kier molecular flexibility index (Phi) is 8.51. The van der Waals surface area contributed by atoms with Crippen molar-refractivity contribution < 1.29 is 37.2 Å². The minimum absolute atomic E-state index is 0.0733. The Bertz CT molecular complexity index is 1460. The Balaban J connectivity index is 1.62. The lowest BCUT2D eigenvalue weighted by molar-refractivity contribution is -0.410. The molecule has 3 aromatic rings. The van der Waals surface area contributed by atoms with Crippen LogP contribution in [0.3, 0.4) is 0 Å². The number of aliphatic hydroxyl groups excluding tert-OH is 1. The van der Waals surface area contributed by atoms with E-state index >= 15 is 4.39 Å². The molecule has 1 fully saturated rings. The van der Waals surface area contributed by atoms with Crippen LogP contribution in [0.15, 0.2) is 43.0 Å². The van der Waals surface area contributed by atoms with Crippen LogP contribution in [0, 0.1) is 0 Å². The van der Waals surface area contributed by atoms with Crippen molar-refractivity contribution in [3.8, 4) is 5.75 Å². The number of hydrogen-bond acceptors (Lipinski definition) is 11. The molecule has 3 heterocycles. The fourth-order valence-corrected chi connectivity index (χ4v) is 6.74. The summed E-state index contributed by atoms with van der Waals surface area (Å²) in [6, 6.07) is 7.57. The number of fused-ring (bicyclic) bond motifs is 1. The number of para-hydroxylation sites is 1. The largest absolute Gasteiger partial charge is 0.512 e. The number of nitrogens with two attached hydrogens (primary N) is 1. The van der Waals surface area contributed by atoms with Crippen molar-refractivity contribution in [3.63, 3.8) is 0 Å². The second kappa shape index (κ2) is 11.3. The topological polar surface area (TPSA) is 147 Å². The summed E-state index contributed by atoms with van der Waals surface area (Å²) in [6.07, 6.45) is -1.18. The van der Waals surface area contributed by atoms with E-state index in [9.17, 15) is 9.90 Å². The number of nitrogen functional groups attached to an aromatic ring is 1. The van der Waals surface area contributed by atoms with Crippen molar-refractivity contribution >= 4 is 59.7 Å². The van der Waals surface area contributed by atoms with Crippen molar-refractivity contribution in [1.82, 2.24) is 19.5 Å². The highest BCUT2D eigenvalue weighted by Crippen LogP contribution is 2.54. The van der Waals surface area contributed by atoms with Crippen LogP contribution < -0.4 is 10.3 Å². The van der Waals surface area contributed by atoms with Gasteiger partial charge in [-0.05, 0) is 32.9 Å². The molecular formula is C24H30ClFN6O6PS+. The molecule has 1 aliphatic rings. The Morgan fingerprint density at radius 1 is 1.35 bits per heavy atom. The summed E-state index contributed by atoms with van der Waals surface area (Å²) < 4.78 is 41.8. The third-order valence-corrected chi connectivity index (χ3v) is 10.0. The lowest BCUT2D eigenvalue weighted by atomic mass is 10.0. The van der Waals surface area contributed by atoms with Gasteiger partial charge in [0.1, 0.15) is 36.5 Å². The normalized spacial score (nSPS) is 26.9. The summed E-state index contributed by atoms with van der Waals surface area (Å²) in [5.41, 5.74) is 4.21. The van der Waals surface area contributed by atoms with Crippen LogP contribution in [0.2, 0.25) is 0 Å². The summed E-state index contributed by atoms with van der Waals surface area (Å²) in [7, 11) is 0. The summed E-state index contributed by atoms with van der Waals surface area (Å²) >= 11 is 12.1. The molecule has 3 N–H and O–H groups in total. The third-order valence-electron chi connectivity index (χ3n) is 6.36. The first-order valence-corrected chi connectivity index (χ1v) is 15.2. The molecule has 6 atom stereocenters. The summed E-state index contributed by atoms with van der Waals surface area (Å²) in [4.78, 5) is 24.8. The Morgan fingerprint density at radius 3 is 2.67 bits per heavy atom. The second-order valence-corrected chi connectivity index (χ2v) is 13.3. The van der Waals surface area contributed by atoms with Gasteiger partial charge in [0.15, 0.2) is 17.2 Å². The number of aromatic nitrogens is 4. The molecule has 0 bridgehead atoms. The number of esters is 1. The zero-order chi connectivity index (χ0) is 29.5. The van der Waals surface area contributed by atoms with Crippen molar-refractivity contribution in [2.24, 2.45) is 0 Å². The first-order valence-electron chi connectivity index (χ1n) is 12.2. The molecule has 1 saturated heterocycles. The maximum absolute atomic E-state index is 16.1. The lowest BCUT2D eigenvalue weighted by Crippen LogP contribution is -2.48. The average molecular weight is 616 g/mol. The van der Waals surface area contributed by atoms with Crippen molar-refractivity contribution in [1.29, 1.82) is 0 Å². The summed E-state index contributed by atoms with van der Waals surface area (Å²) in [6.45, 7) is 6.13. The number of alkyl halides is 2. The van der Waals surface area contributed by atoms with Crippen LogP contribution in [0.5, 0.6) is 5.75 Å². The minimum atomic E-state index is -3.61. The molecule has 216 valence electrons. The highest BCUT2D eigenvalue weighted by molar-refractivity contribution is 8.07. The molecule has 0 aliphatic carbocycles. The SMILES string of the molecule is C=[N+](C(C)C(=O)OC(C)C)P(=S)(OCC1OC(C)(n2cnc3c(N)ncnc32)C(F)(Cl)C1O)Oc1ccccc1. The van der Waals surface area contributed by atoms with E-state index in [0.29, 0.717) is 5.75 Å². The van der Waals surface area contributed by atoms with Crippen molar-refractivity contribution in [2.45, 2.75) is 62.9 Å². The van der Waals surface area contributed by atoms with E-state index < -0.39 is 48.3 Å². The van der Waals surface area contributed by atoms with Crippen LogP contribution in [0.25, 0.3) is 11.2 Å². The number of aliphatic hydroxyl groups is 1. The zero-order valence-corrected chi connectivity index (χ0v) is 24.6. The first kappa shape index (κ1) is 30.2. The molecule has 16 heteroatoms. The zero-order valence-electron chi connectivity index (χ0n) is 22.2. The van der Waals surface area contributed by atoms with Crippen molar-refractivity contribution in [2.75, 3.05) is 12.3 Å². The second-order valence-electron chi connectivity index (χ2n) is 9.52. The van der Waals surface area contributed by atoms with Gasteiger partial charge in [0.25, 0.3) is 11.2 Å². The number of anilines is 1. The minimum Gasteiger partial charge on any atom is -0.458 e. The molecule has 0 radical (unpaired) electrons. The van der Waals surface area contributed by atoms with Crippen LogP contribution in [-0.2, 0) is 36.3 Å². The summed E-state index contributed by atoms with van der Waals surface area (Å²) in [5.74, 6) is -0.175. The number of halogens is 2. The standard InChI is InChI=1S/C24H30ClFN6O6PS/c1-14(2)36-22(34)15(3)31(5)39(40,38-16-9-7-6-8-10-16)35-11-17-19(33)24(25,26)23(4,37-17)32-13-30-18-20(27)28-12-29-21(18)32/h6-10,12-15,17,19,33H,5,11H2,1-4H3,(H2,27,28,29)/q+1. The Hall–Kier alpha value is -2.74. The van der Waals surface area contributed by atoms with Gasteiger partial charge in [-0.3, -0.25) is 9.09 Å². The van der Waals surface area contributed by atoms with Gasteiger partial charge < -0.3 is 24.8 Å². The van der Waals surface area contributed by atoms with Gasteiger partial charge >= 0.3 is 12.6 Å². The number of carbonyl (C=O) groups is 1. The van der Waals surface area contributed by atoms with E-state index in [4.69, 9.17) is 47.7 Å². The molecule has 4 rings (SSSR count). The van der Waals surface area contributed by atoms with E-state index in [-0.39, 0.29) is 23.1 Å². The highest BCUT2D eigenvalue weighted by atomic mass is 35.5. The van der Waals surface area contributed by atoms with Gasteiger partial charge in [-0.1, -0.05) is 29.8 Å². The van der Waals surface area contributed by atoms with E-state index in [1.165, 1.54) is 35.4 Å². The van der Waals surface area contributed by atoms with Gasteiger partial charge in [0.05, 0.1) is 30.8 Å². The van der Waals surface area contributed by atoms with Gasteiger partial charge in [-0.15, -0.1) is 0 Å². The fraction of sp³-hybridized carbons (Fsp3) is 0.458. The number of imidazole rings is 1. The molecule has 6 unspecified atom stereocenters. The van der Waals surface area contributed by atoms with Gasteiger partial charge in [0, 0.05) is 6.92 Å². The number of rotatable bonds is 10. The molecule has 12 nitrogen and oxygen atoms in total. The van der Waals surface area contributed by atoms with Gasteiger partial charge in [-0.25, -0.2) is 24.1 Å². The van der Waals surface area contributed by atoms with Crippen LogP contribution in [-0.4, -0.2) is 77.7 Å². The molecule has 0 spiro atoms. The predicted octanol–water partition coefficient (Wildman–Crippen LogP) is 3.12. The Labute approximate surface area is 240 Å². The van der Waals surface area contributed by atoms with Crippen LogP contribution >= 0.6 is 18.2 Å². The predicted molar refractivity (Wildman–Crippen MR) is 149 cm³/mol. The molecule has 2 aromatic heterocycles. The fourth-order valence-electron chi connectivity index (χ4n) is 4.05. The molecule has 40 heavy (non-hydrogen) atoms. The van der Waals surface area contributed by atoms with Crippen molar-refractivity contribution in [3.05, 3.63) is 43.0 Å². The van der Waals surface area contributed by atoms with Crippen LogP contribution in [0.1, 0.15) is 27.7 Å². The number of benzene rings is 1. The molecular weight excluding hydrogens is 586 g/mol. The number of carbonyl (C=O) groups excluding carboxylic acids is 1. The smallest absolute Gasteiger partial charge is 0.458 e. The molecule has 0 amide bonds. The van der Waals surface area contributed by atoms with E-state index in [0.717, 1.165) is 0 Å². The average Bonchev–Trinajstić information content (AvgIpc) is 3.42. The van der Waals surface area contributed by atoms with Gasteiger partial charge in [0.2, 0.25) is 0 Å². The van der Waals surface area contributed by atoms with E-state index in [1.54, 1.807) is 44.2 Å². The van der Waals surface area contributed by atoms with E-state index in [2.05, 4.69) is 21.7 Å². The lowest BCUT2D eigenvalue weighted by Gasteiger charge is -2.33. The van der Waals surface area contributed by atoms with Gasteiger partial charge in [-0.2, -0.15) is 4.35 Å². The quantitative estimate of drug-likeness (QED) is 0.150. The molecule has 1 aliphatic heterocycles. The molecule has 1 aromatic carbocycles. The Morgan fingerprint density at radius 2 is 2.02 bits per heavy atom. The maximum atomic E-state index is 16.1. The van der Waals surface area contributed by atoms with Crippen LogP contribution in [0.4, 0.5) is 10.2 Å². The highest BCUT2D eigenvalue weighted by Gasteiger charge is 2.66.